The van der Waals surface area contributed by atoms with Crippen molar-refractivity contribution in [3.05, 3.63) is 131 Å². The molecule has 77 heavy (non-hydrogen) atoms. The number of benzene rings is 4. The predicted molar refractivity (Wildman–Crippen MR) is 295 cm³/mol. The van der Waals surface area contributed by atoms with E-state index >= 15 is 0 Å². The fourth-order valence-corrected chi connectivity index (χ4v) is 16.7. The first kappa shape index (κ1) is 56.2. The molecule has 4 aromatic carbocycles. The van der Waals surface area contributed by atoms with Crippen LogP contribution >= 0.6 is 20.9 Å². The molecule has 0 amide bonds. The van der Waals surface area contributed by atoms with Crippen LogP contribution in [0.4, 0.5) is 0 Å². The molecule has 14 nitrogen and oxygen atoms in total. The smallest absolute Gasteiger partial charge is 0.320 e. The van der Waals surface area contributed by atoms with Crippen LogP contribution in [-0.2, 0) is 64.8 Å². The summed E-state index contributed by atoms with van der Waals surface area (Å²) in [5.41, 5.74) is 2.80. The second-order valence-electron chi connectivity index (χ2n) is 21.4. The van der Waals surface area contributed by atoms with E-state index in [1.165, 1.54) is 73.2 Å². The molecule has 0 radical (unpaired) electrons. The SMILES string of the molecule is CCCCCCc1ccc(-[s+]2ccc3ccccc32)cc1.Cc1ccc(-[s+]2ccc3ccccc32)cc1.O=C(CS(=O)(=O)[O-])OC1C2CC3CC(C2)C(=O)OC1C3.O=C(CS(=O)(=O)[O-])OC1C2CC3CC(C2)C(=O)OC1C3. The largest absolute Gasteiger partial charge is 0.748 e. The lowest BCUT2D eigenvalue weighted by atomic mass is 9.67. The summed E-state index contributed by atoms with van der Waals surface area (Å²) in [7, 11) is -9.02. The average Bonchev–Trinajstić information content (AvgIpc) is 3.95. The highest BCUT2D eigenvalue weighted by Gasteiger charge is 2.53. The molecule has 0 N–H and O–H groups in total. The van der Waals surface area contributed by atoms with E-state index < -0.39 is 68.1 Å². The van der Waals surface area contributed by atoms with Gasteiger partial charge in [-0.2, -0.15) is 0 Å². The van der Waals surface area contributed by atoms with Crippen LogP contribution in [0, 0.1) is 42.4 Å². The van der Waals surface area contributed by atoms with Crippen molar-refractivity contribution in [2.45, 2.75) is 122 Å². The van der Waals surface area contributed by atoms with E-state index in [-0.39, 0.29) is 56.5 Å². The fraction of sp³-hybridized carbons (Fsp3) is 0.458. The Bertz CT molecular complexity index is 3180. The van der Waals surface area contributed by atoms with Crippen molar-refractivity contribution in [1.29, 1.82) is 0 Å². The first-order valence-corrected chi connectivity index (χ1v) is 32.4. The Kier molecular flexibility index (Phi) is 18.0. The minimum Gasteiger partial charge on any atom is -0.748 e. The Hall–Kier alpha value is -5.50. The van der Waals surface area contributed by atoms with Gasteiger partial charge in [0.15, 0.2) is 19.2 Å². The highest BCUT2D eigenvalue weighted by molar-refractivity contribution is 7.86. The van der Waals surface area contributed by atoms with Crippen LogP contribution in [-0.4, -0.2) is 85.7 Å². The summed E-state index contributed by atoms with van der Waals surface area (Å²) in [6.45, 7) is 4.40. The number of esters is 4. The fourth-order valence-electron chi connectivity index (χ4n) is 12.3. The van der Waals surface area contributed by atoms with Gasteiger partial charge in [-0.1, -0.05) is 80.3 Å². The third kappa shape index (κ3) is 14.6. The van der Waals surface area contributed by atoms with Crippen LogP contribution < -0.4 is 0 Å². The van der Waals surface area contributed by atoms with Crippen LogP contribution in [0.5, 0.6) is 0 Å². The predicted octanol–water partition coefficient (Wildman–Crippen LogP) is 11.2. The lowest BCUT2D eigenvalue weighted by molar-refractivity contribution is -0.170. The zero-order valence-corrected chi connectivity index (χ0v) is 46.5. The molecule has 4 saturated heterocycles. The van der Waals surface area contributed by atoms with E-state index in [9.17, 15) is 45.1 Å². The minimum atomic E-state index is -4.65. The number of aryl methyl sites for hydroxylation is 2. The molecule has 6 heterocycles. The second kappa shape index (κ2) is 24.7. The molecule has 12 unspecified atom stereocenters. The molecule has 4 saturated carbocycles. The van der Waals surface area contributed by atoms with Crippen LogP contribution in [0.2, 0.25) is 0 Å². The zero-order chi connectivity index (χ0) is 54.4. The molecule has 12 atom stereocenters. The normalized spacial score (nSPS) is 26.1. The van der Waals surface area contributed by atoms with Gasteiger partial charge >= 0.3 is 23.9 Å². The Morgan fingerprint density at radius 1 is 0.558 bits per heavy atom. The van der Waals surface area contributed by atoms with Gasteiger partial charge < -0.3 is 28.1 Å². The van der Waals surface area contributed by atoms with Crippen LogP contribution in [0.1, 0.15) is 95.1 Å². The molecule has 8 fully saturated rings. The molecule has 410 valence electrons. The first-order chi connectivity index (χ1) is 36.9. The number of thiophene rings is 2. The number of carbonyl (C=O) groups is 4. The molecule has 6 aromatic rings. The van der Waals surface area contributed by atoms with Crippen molar-refractivity contribution < 1.29 is 64.1 Å². The molecule has 8 bridgehead atoms. The lowest BCUT2D eigenvalue weighted by Gasteiger charge is -2.41. The van der Waals surface area contributed by atoms with Crippen molar-refractivity contribution in [1.82, 2.24) is 0 Å². The zero-order valence-electron chi connectivity index (χ0n) is 43.3. The Morgan fingerprint density at radius 2 is 1.00 bits per heavy atom. The summed E-state index contributed by atoms with van der Waals surface area (Å²) < 4.78 is 87.3. The topological polar surface area (TPSA) is 220 Å². The number of rotatable bonds is 13. The number of fused-ring (bicyclic) bond motifs is 4. The van der Waals surface area contributed by atoms with E-state index in [0.29, 0.717) is 37.5 Å². The Balaban J connectivity index is 0.000000126. The first-order valence-electron chi connectivity index (χ1n) is 26.7. The van der Waals surface area contributed by atoms with Gasteiger partial charge in [0, 0.05) is 55.7 Å². The molecule has 4 aliphatic heterocycles. The van der Waals surface area contributed by atoms with Crippen LogP contribution in [0.3, 0.4) is 0 Å². The van der Waals surface area contributed by atoms with Crippen molar-refractivity contribution in [3.8, 4) is 9.79 Å². The average molecular weight is 1130 g/mol. The third-order valence-corrected chi connectivity index (χ3v) is 20.9. The second-order valence-corrected chi connectivity index (χ2v) is 27.9. The monoisotopic (exact) mass is 1130 g/mol. The highest BCUT2D eigenvalue weighted by atomic mass is 32.2. The van der Waals surface area contributed by atoms with Gasteiger partial charge in [0.05, 0.1) is 11.8 Å². The van der Waals surface area contributed by atoms with Crippen LogP contribution in [0.15, 0.2) is 120 Å². The van der Waals surface area contributed by atoms with E-state index in [1.807, 2.05) is 0 Å². The number of unbranched alkanes of at least 4 members (excludes halogenated alkanes) is 3. The molecule has 2 aromatic heterocycles. The third-order valence-electron chi connectivity index (χ3n) is 15.7. The van der Waals surface area contributed by atoms with Crippen molar-refractivity contribution in [2.75, 3.05) is 11.5 Å². The molecule has 14 rings (SSSR count). The summed E-state index contributed by atoms with van der Waals surface area (Å²) in [6, 6.07) is 40.0. The maximum Gasteiger partial charge on any atom is 0.320 e. The van der Waals surface area contributed by atoms with Gasteiger partial charge in [-0.3, -0.25) is 19.2 Å². The Labute approximate surface area is 456 Å². The summed E-state index contributed by atoms with van der Waals surface area (Å²) in [4.78, 5) is 49.5. The maximum absolute atomic E-state index is 11.8. The number of ether oxygens (including phenoxy) is 4. The van der Waals surface area contributed by atoms with Crippen molar-refractivity contribution >= 4 is 85.2 Å². The molecule has 0 spiro atoms. The van der Waals surface area contributed by atoms with Gasteiger partial charge in [-0.05, 0) is 137 Å². The van der Waals surface area contributed by atoms with Gasteiger partial charge in [0.1, 0.15) is 66.9 Å². The number of carbonyl (C=O) groups excluding carboxylic acids is 4. The van der Waals surface area contributed by atoms with Crippen LogP contribution in [0.25, 0.3) is 30.0 Å². The molecule has 8 aliphatic rings. The molecular weight excluding hydrogens is 1060 g/mol. The molecule has 4 aliphatic carbocycles. The van der Waals surface area contributed by atoms with Crippen molar-refractivity contribution in [3.63, 3.8) is 0 Å². The number of hydrogen-bond acceptors (Lipinski definition) is 14. The summed E-state index contributed by atoms with van der Waals surface area (Å²) in [5.74, 6) is -4.44. The van der Waals surface area contributed by atoms with Crippen molar-refractivity contribution in [2.24, 2.45) is 35.5 Å². The standard InChI is InChI=1S/C20H23S.C15H13S.2C12H16O7S/c1-2-3-4-5-8-17-11-13-19(14-12-17)21-16-15-18-9-6-7-10-20(18)21;1-12-6-8-14(9-7-12)16-11-10-13-4-2-3-5-15(13)16;2*13-10(5-20(15,16)17)19-11-7-1-6-2-8(4-7)12(14)18-9(11)3-6/h6-7,9-16H,2-5,8H2,1H3;2-11H,1H3;2*6-9,11H,1-5H2,(H,15,16,17)/q2*+1;;/p-2. The van der Waals surface area contributed by atoms with E-state index in [1.54, 1.807) is 0 Å². The summed E-state index contributed by atoms with van der Waals surface area (Å²) in [5, 5.41) is 7.41. The minimum absolute atomic E-state index is 0.0160. The van der Waals surface area contributed by atoms with E-state index in [2.05, 4.69) is 134 Å². The summed E-state index contributed by atoms with van der Waals surface area (Å²) >= 11 is 0. The van der Waals surface area contributed by atoms with Gasteiger partial charge in [-0.15, -0.1) is 0 Å². The maximum atomic E-state index is 11.8. The van der Waals surface area contributed by atoms with E-state index in [4.69, 9.17) is 18.9 Å². The Morgan fingerprint density at radius 3 is 1.44 bits per heavy atom. The van der Waals surface area contributed by atoms with Gasteiger partial charge in [0.2, 0.25) is 0 Å². The van der Waals surface area contributed by atoms with Gasteiger partial charge in [-0.25, -0.2) is 16.8 Å². The molecular formula is C59H66O14S4. The molecule has 18 heteroatoms. The van der Waals surface area contributed by atoms with Gasteiger partial charge in [0.25, 0.3) is 0 Å². The number of hydrogen-bond donors (Lipinski definition) is 0. The quantitative estimate of drug-likeness (QED) is 0.0345. The van der Waals surface area contributed by atoms with E-state index in [0.717, 1.165) is 25.7 Å². The lowest BCUT2D eigenvalue weighted by Crippen LogP contribution is -2.46. The highest BCUT2D eigenvalue weighted by Crippen LogP contribution is 2.50. The summed E-state index contributed by atoms with van der Waals surface area (Å²) in [6.07, 6.45) is 10.2.